The third kappa shape index (κ3) is 5.04. The van der Waals surface area contributed by atoms with E-state index in [-0.39, 0.29) is 5.91 Å². The number of urea groups is 1. The lowest BCUT2D eigenvalue weighted by molar-refractivity contribution is -0.120. The van der Waals surface area contributed by atoms with Crippen molar-refractivity contribution in [2.45, 2.75) is 25.3 Å². The van der Waals surface area contributed by atoms with Crippen LogP contribution in [0.3, 0.4) is 0 Å². The SMILES string of the molecule is CNC(=O)NC(=O)CCN1CCC[C@H]1COc1ccccc1. The predicted octanol–water partition coefficient (Wildman–Crippen LogP) is 1.38. The lowest BCUT2D eigenvalue weighted by atomic mass is 10.2. The summed E-state index contributed by atoms with van der Waals surface area (Å²) in [7, 11) is 1.49. The van der Waals surface area contributed by atoms with Crippen LogP contribution in [0.1, 0.15) is 19.3 Å². The number of nitrogens with zero attached hydrogens (tertiary/aromatic N) is 1. The van der Waals surface area contributed by atoms with E-state index in [0.717, 1.165) is 25.1 Å². The average Bonchev–Trinajstić information content (AvgIpc) is 2.99. The highest BCUT2D eigenvalue weighted by Crippen LogP contribution is 2.19. The maximum Gasteiger partial charge on any atom is 0.321 e. The number of imide groups is 1. The Balaban J connectivity index is 1.73. The monoisotopic (exact) mass is 305 g/mol. The van der Waals surface area contributed by atoms with Crippen molar-refractivity contribution >= 4 is 11.9 Å². The number of carbonyl (C=O) groups is 2. The Kier molecular flexibility index (Phi) is 6.21. The van der Waals surface area contributed by atoms with Gasteiger partial charge >= 0.3 is 6.03 Å². The molecule has 0 bridgehead atoms. The fourth-order valence-corrected chi connectivity index (χ4v) is 2.58. The summed E-state index contributed by atoms with van der Waals surface area (Å²) in [5, 5.41) is 4.65. The largest absolute Gasteiger partial charge is 0.492 e. The molecule has 0 radical (unpaired) electrons. The maximum atomic E-state index is 11.6. The molecule has 1 saturated heterocycles. The molecule has 1 atom stereocenters. The van der Waals surface area contributed by atoms with Gasteiger partial charge in [-0.1, -0.05) is 18.2 Å². The van der Waals surface area contributed by atoms with Crippen molar-refractivity contribution in [2.24, 2.45) is 0 Å². The molecule has 6 heteroatoms. The molecular formula is C16H23N3O3. The van der Waals surface area contributed by atoms with Gasteiger partial charge in [-0.2, -0.15) is 0 Å². The Morgan fingerprint density at radius 3 is 2.82 bits per heavy atom. The summed E-state index contributed by atoms with van der Waals surface area (Å²) in [6.07, 6.45) is 2.50. The van der Waals surface area contributed by atoms with E-state index in [2.05, 4.69) is 15.5 Å². The van der Waals surface area contributed by atoms with E-state index in [1.165, 1.54) is 7.05 Å². The van der Waals surface area contributed by atoms with Gasteiger partial charge in [0.1, 0.15) is 12.4 Å². The van der Waals surface area contributed by atoms with Crippen LogP contribution in [0.25, 0.3) is 0 Å². The number of carbonyl (C=O) groups excluding carboxylic acids is 2. The van der Waals surface area contributed by atoms with Crippen LogP contribution in [0.5, 0.6) is 5.75 Å². The number of para-hydroxylation sites is 1. The van der Waals surface area contributed by atoms with Gasteiger partial charge in [-0.15, -0.1) is 0 Å². The second-order valence-corrected chi connectivity index (χ2v) is 5.33. The minimum Gasteiger partial charge on any atom is -0.492 e. The van der Waals surface area contributed by atoms with E-state index < -0.39 is 6.03 Å². The first-order valence-electron chi connectivity index (χ1n) is 7.62. The Morgan fingerprint density at radius 1 is 1.32 bits per heavy atom. The van der Waals surface area contributed by atoms with Crippen molar-refractivity contribution in [3.05, 3.63) is 30.3 Å². The first kappa shape index (κ1) is 16.3. The molecule has 6 nitrogen and oxygen atoms in total. The second kappa shape index (κ2) is 8.38. The summed E-state index contributed by atoms with van der Waals surface area (Å²) in [6.45, 7) is 2.24. The van der Waals surface area contributed by atoms with Gasteiger partial charge in [0.25, 0.3) is 0 Å². The third-order valence-corrected chi connectivity index (χ3v) is 3.79. The van der Waals surface area contributed by atoms with E-state index in [9.17, 15) is 9.59 Å². The number of benzene rings is 1. The molecule has 1 heterocycles. The Bertz CT molecular complexity index is 493. The smallest absolute Gasteiger partial charge is 0.321 e. The molecule has 0 unspecified atom stereocenters. The lowest BCUT2D eigenvalue weighted by Gasteiger charge is -2.24. The first-order valence-corrected chi connectivity index (χ1v) is 7.62. The summed E-state index contributed by atoms with van der Waals surface area (Å²) in [5.74, 6) is 0.612. The second-order valence-electron chi connectivity index (χ2n) is 5.33. The van der Waals surface area contributed by atoms with Crippen LogP contribution in [-0.2, 0) is 4.79 Å². The van der Waals surface area contributed by atoms with Crippen molar-refractivity contribution in [3.63, 3.8) is 0 Å². The third-order valence-electron chi connectivity index (χ3n) is 3.79. The van der Waals surface area contributed by atoms with E-state index in [0.29, 0.717) is 25.6 Å². The molecule has 3 amide bonds. The Hall–Kier alpha value is -2.08. The molecular weight excluding hydrogens is 282 g/mol. The summed E-state index contributed by atoms with van der Waals surface area (Å²) >= 11 is 0. The van der Waals surface area contributed by atoms with Crippen LogP contribution >= 0.6 is 0 Å². The molecule has 2 rings (SSSR count). The summed E-state index contributed by atoms with van der Waals surface area (Å²) in [4.78, 5) is 24.9. The van der Waals surface area contributed by atoms with Gasteiger partial charge in [0, 0.05) is 26.1 Å². The zero-order valence-electron chi connectivity index (χ0n) is 12.9. The number of rotatable bonds is 6. The van der Waals surface area contributed by atoms with Crippen LogP contribution in [0.15, 0.2) is 30.3 Å². The van der Waals surface area contributed by atoms with Gasteiger partial charge < -0.3 is 10.1 Å². The van der Waals surface area contributed by atoms with Crippen molar-refractivity contribution < 1.29 is 14.3 Å². The fraction of sp³-hybridized carbons (Fsp3) is 0.500. The standard InChI is InChI=1S/C16H23N3O3/c1-17-16(21)18-15(20)9-11-19-10-5-6-13(19)12-22-14-7-3-2-4-8-14/h2-4,7-8,13H,5-6,9-12H2,1H3,(H2,17,18,20,21)/t13-/m0/s1. The molecule has 1 aromatic carbocycles. The first-order chi connectivity index (χ1) is 10.7. The number of ether oxygens (including phenoxy) is 1. The molecule has 1 aliphatic heterocycles. The van der Waals surface area contributed by atoms with E-state index in [1.54, 1.807) is 0 Å². The zero-order valence-corrected chi connectivity index (χ0v) is 12.9. The molecule has 1 fully saturated rings. The van der Waals surface area contributed by atoms with Crippen molar-refractivity contribution in [1.82, 2.24) is 15.5 Å². The highest BCUT2D eigenvalue weighted by molar-refractivity contribution is 5.94. The molecule has 0 aliphatic carbocycles. The average molecular weight is 305 g/mol. The van der Waals surface area contributed by atoms with Gasteiger partial charge in [0.05, 0.1) is 0 Å². The molecule has 2 N–H and O–H groups in total. The van der Waals surface area contributed by atoms with E-state index in [1.807, 2.05) is 30.3 Å². The quantitative estimate of drug-likeness (QED) is 0.833. The van der Waals surface area contributed by atoms with E-state index >= 15 is 0 Å². The van der Waals surface area contributed by atoms with Crippen molar-refractivity contribution in [2.75, 3.05) is 26.7 Å². The fourth-order valence-electron chi connectivity index (χ4n) is 2.58. The number of hydrogen-bond acceptors (Lipinski definition) is 4. The molecule has 0 aromatic heterocycles. The van der Waals surface area contributed by atoms with Crippen LogP contribution in [0.4, 0.5) is 4.79 Å². The number of hydrogen-bond donors (Lipinski definition) is 2. The van der Waals surface area contributed by atoms with Gasteiger partial charge in [-0.25, -0.2) is 4.79 Å². The number of likely N-dealkylation sites (tertiary alicyclic amines) is 1. The normalized spacial score (nSPS) is 18.0. The molecule has 120 valence electrons. The topological polar surface area (TPSA) is 70.7 Å². The molecule has 1 aromatic rings. The summed E-state index contributed by atoms with van der Waals surface area (Å²) in [6, 6.07) is 9.60. The van der Waals surface area contributed by atoms with E-state index in [4.69, 9.17) is 4.74 Å². The van der Waals surface area contributed by atoms with Crippen LogP contribution < -0.4 is 15.4 Å². The number of amides is 3. The van der Waals surface area contributed by atoms with Gasteiger partial charge in [-0.3, -0.25) is 15.0 Å². The van der Waals surface area contributed by atoms with Gasteiger partial charge in [0.15, 0.2) is 0 Å². The maximum absolute atomic E-state index is 11.6. The number of nitrogens with one attached hydrogen (secondary N) is 2. The van der Waals surface area contributed by atoms with Crippen molar-refractivity contribution in [1.29, 1.82) is 0 Å². The predicted molar refractivity (Wildman–Crippen MR) is 83.7 cm³/mol. The molecule has 22 heavy (non-hydrogen) atoms. The Labute approximate surface area is 130 Å². The van der Waals surface area contributed by atoms with Gasteiger partial charge in [-0.05, 0) is 31.5 Å². The van der Waals surface area contributed by atoms with Crippen LogP contribution in [-0.4, -0.2) is 49.6 Å². The highest BCUT2D eigenvalue weighted by Gasteiger charge is 2.25. The zero-order chi connectivity index (χ0) is 15.8. The molecule has 0 spiro atoms. The minimum absolute atomic E-state index is 0.256. The molecule has 1 aliphatic rings. The molecule has 0 saturated carbocycles. The summed E-state index contributed by atoms with van der Waals surface area (Å²) < 4.78 is 5.80. The van der Waals surface area contributed by atoms with Crippen LogP contribution in [0.2, 0.25) is 0 Å². The summed E-state index contributed by atoms with van der Waals surface area (Å²) in [5.41, 5.74) is 0. The minimum atomic E-state index is -0.463. The van der Waals surface area contributed by atoms with Crippen LogP contribution in [0, 0.1) is 0 Å². The Morgan fingerprint density at radius 2 is 2.09 bits per heavy atom. The lowest BCUT2D eigenvalue weighted by Crippen LogP contribution is -2.40. The highest BCUT2D eigenvalue weighted by atomic mass is 16.5. The van der Waals surface area contributed by atoms with Crippen molar-refractivity contribution in [3.8, 4) is 5.75 Å². The van der Waals surface area contributed by atoms with Gasteiger partial charge in [0.2, 0.25) is 5.91 Å².